The number of aryl methyl sites for hydroxylation is 1. The Morgan fingerprint density at radius 1 is 0.970 bits per heavy atom. The summed E-state index contributed by atoms with van der Waals surface area (Å²) in [5, 5.41) is 20.4. The van der Waals surface area contributed by atoms with Gasteiger partial charge in [0.05, 0.1) is 47.7 Å². The highest BCUT2D eigenvalue weighted by molar-refractivity contribution is 5.93. The Morgan fingerprint density at radius 2 is 1.73 bits per heavy atom. The number of benzene rings is 1. The van der Waals surface area contributed by atoms with Crippen molar-refractivity contribution in [1.82, 2.24) is 43.4 Å². The Bertz CT molecular complexity index is 2940. The number of hydrogen-bond acceptors (Lipinski definition) is 10. The molecule has 0 spiro atoms. The van der Waals surface area contributed by atoms with Crippen molar-refractivity contribution in [2.45, 2.75) is 112 Å². The summed E-state index contributed by atoms with van der Waals surface area (Å²) in [6.07, 6.45) is 9.24. The number of nitrogens with zero attached hydrogens (tertiary/aromatic N) is 11. The number of halogens is 1. The Balaban J connectivity index is 1.06. The molecule has 15 nitrogen and oxygen atoms in total. The van der Waals surface area contributed by atoms with E-state index in [-0.39, 0.29) is 60.0 Å². The largest absolute Gasteiger partial charge is 0.481 e. The van der Waals surface area contributed by atoms with Crippen LogP contribution in [-0.4, -0.2) is 99.2 Å². The van der Waals surface area contributed by atoms with Gasteiger partial charge in [-0.25, -0.2) is 24.1 Å². The molecule has 1 saturated carbocycles. The van der Waals surface area contributed by atoms with E-state index in [1.807, 2.05) is 34.3 Å². The normalized spacial score (nSPS) is 16.5. The van der Waals surface area contributed by atoms with Gasteiger partial charge >= 0.3 is 11.7 Å². The lowest BCUT2D eigenvalue weighted by Crippen LogP contribution is -2.45. The van der Waals surface area contributed by atoms with Gasteiger partial charge in [0.2, 0.25) is 5.95 Å². The highest BCUT2D eigenvalue weighted by Crippen LogP contribution is 2.35. The number of likely N-dealkylation sites (tertiary alicyclic amines) is 1. The molecule has 0 unspecified atom stereocenters. The topological polar surface area (TPSA) is 171 Å². The zero-order valence-electron chi connectivity index (χ0n) is 38.7. The summed E-state index contributed by atoms with van der Waals surface area (Å²) in [5.41, 5.74) is 4.40. The number of imidazole rings is 1. The van der Waals surface area contributed by atoms with E-state index in [1.54, 1.807) is 60.0 Å². The quantitative estimate of drug-likeness (QED) is 0.137. The molecule has 0 atom stereocenters. The predicted molar refractivity (Wildman–Crippen MR) is 249 cm³/mol. The van der Waals surface area contributed by atoms with Crippen molar-refractivity contribution >= 4 is 40.0 Å². The number of aliphatic carboxylic acids is 1. The van der Waals surface area contributed by atoms with Crippen molar-refractivity contribution in [3.05, 3.63) is 105 Å². The van der Waals surface area contributed by atoms with Crippen molar-refractivity contribution in [2.24, 2.45) is 10.8 Å². The van der Waals surface area contributed by atoms with Crippen LogP contribution in [0.3, 0.4) is 0 Å². The Kier molecular flexibility index (Phi) is 11.8. The van der Waals surface area contributed by atoms with Gasteiger partial charge in [-0.1, -0.05) is 39.7 Å². The van der Waals surface area contributed by atoms with Gasteiger partial charge in [0, 0.05) is 67.6 Å². The van der Waals surface area contributed by atoms with Gasteiger partial charge in [-0.15, -0.1) is 0 Å². The fourth-order valence-electron chi connectivity index (χ4n) is 10.4. The highest BCUT2D eigenvalue weighted by atomic mass is 19.1. The molecule has 1 aliphatic carbocycles. The summed E-state index contributed by atoms with van der Waals surface area (Å²) in [4.78, 5) is 67.5. The number of carboxylic acid groups (broad SMARTS) is 1. The molecule has 6 aromatic rings. The summed E-state index contributed by atoms with van der Waals surface area (Å²) in [5.74, 6) is -1.23. The third kappa shape index (κ3) is 8.45. The lowest BCUT2D eigenvalue weighted by Gasteiger charge is -2.36. The van der Waals surface area contributed by atoms with E-state index < -0.39 is 17.2 Å². The van der Waals surface area contributed by atoms with Gasteiger partial charge in [0.15, 0.2) is 5.65 Å². The van der Waals surface area contributed by atoms with Crippen LogP contribution < -0.4 is 10.6 Å². The number of carboxylic acids is 1. The van der Waals surface area contributed by atoms with Crippen LogP contribution in [0.25, 0.3) is 27.9 Å². The molecule has 66 heavy (non-hydrogen) atoms. The van der Waals surface area contributed by atoms with Crippen molar-refractivity contribution in [2.75, 3.05) is 37.6 Å². The monoisotopic (exact) mass is 895 g/mol. The van der Waals surface area contributed by atoms with E-state index in [2.05, 4.69) is 40.5 Å². The zero-order chi connectivity index (χ0) is 46.7. The van der Waals surface area contributed by atoms with Crippen LogP contribution in [0.2, 0.25) is 0 Å². The second-order valence-corrected chi connectivity index (χ2v) is 20.3. The van der Waals surface area contributed by atoms with Crippen LogP contribution in [0.15, 0.2) is 59.7 Å². The number of carbonyl (C=O) groups is 2. The van der Waals surface area contributed by atoms with E-state index in [0.717, 1.165) is 74.8 Å². The summed E-state index contributed by atoms with van der Waals surface area (Å²) in [6, 6.07) is 13.6. The Hall–Kier alpha value is -6.47. The van der Waals surface area contributed by atoms with Crippen molar-refractivity contribution < 1.29 is 19.1 Å². The molecule has 5 aromatic heterocycles. The summed E-state index contributed by atoms with van der Waals surface area (Å²) < 4.78 is 20.6. The fraction of sp³-hybridized carbons (Fsp3) is 0.480. The first-order chi connectivity index (χ1) is 31.5. The highest BCUT2D eigenvalue weighted by Gasteiger charge is 2.37. The van der Waals surface area contributed by atoms with E-state index in [0.29, 0.717) is 52.7 Å². The molecule has 1 saturated heterocycles. The van der Waals surface area contributed by atoms with Crippen LogP contribution in [0.4, 0.5) is 10.3 Å². The average molecular weight is 896 g/mol. The number of fused-ring (bicyclic) bond motifs is 4. The molecule has 3 aliphatic rings. The molecule has 1 amide bonds. The number of piperidine rings is 1. The van der Waals surface area contributed by atoms with Crippen LogP contribution in [0.1, 0.15) is 118 Å². The standard InChI is InChI=1S/C50H58FN11O4/c1-31-42-44(56-47(55-31)60(34-10-7-8-11-34)30-50(5,6)46(64)65)62(35-17-21-57(22-18-35)29-49(2,3)4)48(66)61(42)36-15-16-40(54-26-36)45(63)58-23-19-37-38-12-9-20-53-43(38)59(41(37)28-58)27-33-14-13-32(25-52)24-39(33)51/h9,12-16,20,24,26,34-35H,7-8,10-11,17-19,21-23,27-30H2,1-6H3,(H,64,65). The van der Waals surface area contributed by atoms with Gasteiger partial charge in [0.1, 0.15) is 22.7 Å². The smallest absolute Gasteiger partial charge is 0.335 e. The maximum Gasteiger partial charge on any atom is 0.335 e. The fourth-order valence-corrected chi connectivity index (χ4v) is 10.4. The number of hydrogen-bond donors (Lipinski definition) is 1. The minimum atomic E-state index is -1.07. The summed E-state index contributed by atoms with van der Waals surface area (Å²) in [6.45, 7) is 15.7. The Morgan fingerprint density at radius 3 is 2.39 bits per heavy atom. The number of aromatic nitrogens is 7. The molecule has 2 aliphatic heterocycles. The van der Waals surface area contributed by atoms with Crippen LogP contribution in [0.5, 0.6) is 0 Å². The molecule has 2 fully saturated rings. The van der Waals surface area contributed by atoms with Gasteiger partial charge in [-0.3, -0.25) is 18.7 Å². The number of carbonyl (C=O) groups excluding carboxylic acids is 1. The Labute approximate surface area is 383 Å². The third-order valence-corrected chi connectivity index (χ3v) is 13.7. The number of amides is 1. The number of nitriles is 1. The van der Waals surface area contributed by atoms with E-state index in [9.17, 15) is 24.8 Å². The second-order valence-electron chi connectivity index (χ2n) is 20.3. The molecular formula is C50H58FN11O4. The maximum atomic E-state index is 15.2. The third-order valence-electron chi connectivity index (χ3n) is 13.7. The molecule has 1 N–H and O–H groups in total. The molecule has 344 valence electrons. The summed E-state index contributed by atoms with van der Waals surface area (Å²) in [7, 11) is 0. The zero-order valence-corrected chi connectivity index (χ0v) is 38.7. The molecule has 16 heteroatoms. The number of rotatable bonds is 11. The van der Waals surface area contributed by atoms with Crippen LogP contribution >= 0.6 is 0 Å². The van der Waals surface area contributed by atoms with Crippen LogP contribution in [-0.2, 0) is 24.3 Å². The average Bonchev–Trinajstić information content (AvgIpc) is 4.01. The predicted octanol–water partition coefficient (Wildman–Crippen LogP) is 7.44. The molecule has 9 rings (SSSR count). The van der Waals surface area contributed by atoms with Crippen molar-refractivity contribution in [1.29, 1.82) is 5.26 Å². The molecular weight excluding hydrogens is 838 g/mol. The number of anilines is 1. The maximum absolute atomic E-state index is 15.2. The molecule has 7 heterocycles. The van der Waals surface area contributed by atoms with Crippen molar-refractivity contribution in [3.8, 4) is 11.8 Å². The van der Waals surface area contributed by atoms with Crippen molar-refractivity contribution in [3.63, 3.8) is 0 Å². The van der Waals surface area contributed by atoms with Gasteiger partial charge in [-0.05, 0) is 100 Å². The lowest BCUT2D eigenvalue weighted by atomic mass is 9.92. The van der Waals surface area contributed by atoms with E-state index >= 15 is 4.39 Å². The van der Waals surface area contributed by atoms with Gasteiger partial charge < -0.3 is 24.4 Å². The van der Waals surface area contributed by atoms with Crippen LogP contribution in [0, 0.1) is 34.9 Å². The minimum Gasteiger partial charge on any atom is -0.481 e. The van der Waals surface area contributed by atoms with E-state index in [1.165, 1.54) is 6.07 Å². The second kappa shape index (κ2) is 17.4. The molecule has 0 radical (unpaired) electrons. The molecule has 1 aromatic carbocycles. The first-order valence-electron chi connectivity index (χ1n) is 23.1. The first-order valence-corrected chi connectivity index (χ1v) is 23.1. The lowest BCUT2D eigenvalue weighted by molar-refractivity contribution is -0.146. The minimum absolute atomic E-state index is 0.0784. The van der Waals surface area contributed by atoms with Gasteiger partial charge in [0.25, 0.3) is 5.91 Å². The first kappa shape index (κ1) is 44.7. The number of pyridine rings is 2. The van der Waals surface area contributed by atoms with Gasteiger partial charge in [-0.2, -0.15) is 10.2 Å². The SMILES string of the molecule is Cc1nc(N(CC(C)(C)C(=O)O)C2CCCC2)nc2c1n(-c1ccc(C(=O)N3CCc4c(n(Cc5ccc(C#N)cc5F)c5ncccc45)C3)nc1)c(=O)n2C1CCN(CC(C)(C)C)CC1. The molecule has 0 bridgehead atoms. The summed E-state index contributed by atoms with van der Waals surface area (Å²) >= 11 is 0. The van der Waals surface area contributed by atoms with E-state index in [4.69, 9.17) is 9.97 Å².